The standard InChI is InChI=1S/C11H15N3O2S2/c1-8-4-11(13-6-10(8)14(15)16)12-5-9-7-17-2-3-18-9/h4,6,9H,2-3,5,7H2,1H3,(H,12,13). The Balaban J connectivity index is 1.93. The van der Waals surface area contributed by atoms with Gasteiger partial charge >= 0.3 is 0 Å². The normalized spacial score (nSPS) is 19.5. The van der Waals surface area contributed by atoms with Gasteiger partial charge in [-0.3, -0.25) is 10.1 Å². The first-order valence-corrected chi connectivity index (χ1v) is 7.91. The first-order chi connectivity index (χ1) is 8.66. The second kappa shape index (κ2) is 6.29. The van der Waals surface area contributed by atoms with Crippen LogP contribution in [0.15, 0.2) is 12.3 Å². The molecule has 0 saturated carbocycles. The van der Waals surface area contributed by atoms with E-state index in [0.29, 0.717) is 16.6 Å². The molecule has 1 atom stereocenters. The van der Waals surface area contributed by atoms with Crippen LogP contribution in [0.2, 0.25) is 0 Å². The van der Waals surface area contributed by atoms with Crippen molar-refractivity contribution in [3.05, 3.63) is 27.9 Å². The summed E-state index contributed by atoms with van der Waals surface area (Å²) in [5.41, 5.74) is 0.714. The molecule has 2 rings (SSSR count). The minimum Gasteiger partial charge on any atom is -0.369 e. The minimum absolute atomic E-state index is 0.0724. The van der Waals surface area contributed by atoms with Crippen molar-refractivity contribution in [1.82, 2.24) is 4.98 Å². The highest BCUT2D eigenvalue weighted by molar-refractivity contribution is 8.06. The van der Waals surface area contributed by atoms with Crippen LogP contribution in [0, 0.1) is 17.0 Å². The van der Waals surface area contributed by atoms with Gasteiger partial charge in [0.2, 0.25) is 0 Å². The fourth-order valence-electron chi connectivity index (χ4n) is 1.71. The number of nitrogens with zero attached hydrogens (tertiary/aromatic N) is 2. The molecule has 0 amide bonds. The van der Waals surface area contributed by atoms with E-state index in [1.54, 1.807) is 13.0 Å². The summed E-state index contributed by atoms with van der Waals surface area (Å²) in [5.74, 6) is 4.30. The lowest BCUT2D eigenvalue weighted by Crippen LogP contribution is -2.23. The Morgan fingerprint density at radius 1 is 1.61 bits per heavy atom. The van der Waals surface area contributed by atoms with E-state index >= 15 is 0 Å². The number of nitro groups is 1. The third-order valence-corrected chi connectivity index (χ3v) is 5.52. The smallest absolute Gasteiger partial charge is 0.290 e. The number of aryl methyl sites for hydroxylation is 1. The molecule has 18 heavy (non-hydrogen) atoms. The fourth-order valence-corrected chi connectivity index (χ4v) is 4.32. The molecule has 0 bridgehead atoms. The van der Waals surface area contributed by atoms with Crippen molar-refractivity contribution in [3.8, 4) is 0 Å². The number of hydrogen-bond donors (Lipinski definition) is 1. The Bertz CT molecular complexity index is 436. The summed E-state index contributed by atoms with van der Waals surface area (Å²) < 4.78 is 0. The van der Waals surface area contributed by atoms with Crippen LogP contribution in [-0.2, 0) is 0 Å². The molecule has 0 aromatic carbocycles. The summed E-state index contributed by atoms with van der Waals surface area (Å²) in [4.78, 5) is 14.4. The molecule has 0 radical (unpaired) electrons. The number of aromatic nitrogens is 1. The van der Waals surface area contributed by atoms with Gasteiger partial charge in [0.05, 0.1) is 4.92 Å². The molecule has 98 valence electrons. The van der Waals surface area contributed by atoms with Gasteiger partial charge in [-0.05, 0) is 13.0 Å². The third-order valence-electron chi connectivity index (χ3n) is 2.68. The maximum Gasteiger partial charge on any atom is 0.290 e. The maximum absolute atomic E-state index is 10.7. The zero-order valence-electron chi connectivity index (χ0n) is 10.1. The predicted molar refractivity (Wildman–Crippen MR) is 77.7 cm³/mol. The van der Waals surface area contributed by atoms with Gasteiger partial charge < -0.3 is 5.32 Å². The van der Waals surface area contributed by atoms with E-state index in [0.717, 1.165) is 12.3 Å². The van der Waals surface area contributed by atoms with Crippen molar-refractivity contribution in [3.63, 3.8) is 0 Å². The Morgan fingerprint density at radius 3 is 3.06 bits per heavy atom. The maximum atomic E-state index is 10.7. The SMILES string of the molecule is Cc1cc(NCC2CSCCS2)ncc1[N+](=O)[O-]. The summed E-state index contributed by atoms with van der Waals surface area (Å²) in [6.45, 7) is 2.60. The fraction of sp³-hybridized carbons (Fsp3) is 0.545. The molecule has 1 saturated heterocycles. The molecule has 1 N–H and O–H groups in total. The van der Waals surface area contributed by atoms with Gasteiger partial charge in [0.15, 0.2) is 0 Å². The molecule has 1 aliphatic rings. The minimum atomic E-state index is -0.403. The number of thioether (sulfide) groups is 2. The number of nitrogens with one attached hydrogen (secondary N) is 1. The topological polar surface area (TPSA) is 68.1 Å². The molecular weight excluding hydrogens is 270 g/mol. The molecule has 5 nitrogen and oxygen atoms in total. The van der Waals surface area contributed by atoms with E-state index in [1.165, 1.54) is 17.7 Å². The molecule has 1 fully saturated rings. The van der Waals surface area contributed by atoms with E-state index in [2.05, 4.69) is 10.3 Å². The summed E-state index contributed by atoms with van der Waals surface area (Å²) in [6.07, 6.45) is 1.32. The van der Waals surface area contributed by atoms with Crippen molar-refractivity contribution in [2.24, 2.45) is 0 Å². The third kappa shape index (κ3) is 3.52. The van der Waals surface area contributed by atoms with Crippen molar-refractivity contribution in [1.29, 1.82) is 0 Å². The van der Waals surface area contributed by atoms with Crippen LogP contribution in [-0.4, -0.2) is 39.0 Å². The highest BCUT2D eigenvalue weighted by Gasteiger charge is 2.15. The zero-order chi connectivity index (χ0) is 13.0. The van der Waals surface area contributed by atoms with Crippen molar-refractivity contribution >= 4 is 35.0 Å². The number of rotatable bonds is 4. The Labute approximate surface area is 114 Å². The largest absolute Gasteiger partial charge is 0.369 e. The van der Waals surface area contributed by atoms with Crippen LogP contribution in [0.25, 0.3) is 0 Å². The quantitative estimate of drug-likeness (QED) is 0.677. The van der Waals surface area contributed by atoms with Gasteiger partial charge in [-0.2, -0.15) is 23.5 Å². The second-order valence-corrected chi connectivity index (χ2v) is 6.62. The molecule has 1 aliphatic heterocycles. The highest BCUT2D eigenvalue weighted by atomic mass is 32.2. The molecule has 1 aromatic heterocycles. The van der Waals surface area contributed by atoms with Gasteiger partial charge in [0.25, 0.3) is 5.69 Å². The van der Waals surface area contributed by atoms with Gasteiger partial charge in [-0.1, -0.05) is 0 Å². The van der Waals surface area contributed by atoms with Gasteiger partial charge in [0, 0.05) is 34.6 Å². The summed E-state index contributed by atoms with van der Waals surface area (Å²) in [6, 6.07) is 1.73. The van der Waals surface area contributed by atoms with Crippen LogP contribution in [0.3, 0.4) is 0 Å². The number of hydrogen-bond acceptors (Lipinski definition) is 6. The average molecular weight is 285 g/mol. The lowest BCUT2D eigenvalue weighted by Gasteiger charge is -2.21. The lowest BCUT2D eigenvalue weighted by molar-refractivity contribution is -0.385. The second-order valence-electron chi connectivity index (χ2n) is 4.06. The predicted octanol–water partition coefficient (Wildman–Crippen LogP) is 2.56. The molecule has 7 heteroatoms. The van der Waals surface area contributed by atoms with Crippen molar-refractivity contribution in [2.75, 3.05) is 29.1 Å². The van der Waals surface area contributed by atoms with E-state index < -0.39 is 4.92 Å². The Hall–Kier alpha value is -0.950. The molecular formula is C11H15N3O2S2. The van der Waals surface area contributed by atoms with Crippen LogP contribution in [0.4, 0.5) is 11.5 Å². The van der Waals surface area contributed by atoms with Crippen molar-refractivity contribution in [2.45, 2.75) is 12.2 Å². The van der Waals surface area contributed by atoms with Crippen LogP contribution in [0.1, 0.15) is 5.56 Å². The van der Waals surface area contributed by atoms with Crippen LogP contribution < -0.4 is 5.32 Å². The number of pyridine rings is 1. The average Bonchev–Trinajstić information content (AvgIpc) is 2.37. The van der Waals surface area contributed by atoms with Crippen LogP contribution in [0.5, 0.6) is 0 Å². The zero-order valence-corrected chi connectivity index (χ0v) is 11.7. The summed E-state index contributed by atoms with van der Waals surface area (Å²) in [7, 11) is 0. The van der Waals surface area contributed by atoms with E-state index in [-0.39, 0.29) is 5.69 Å². The van der Waals surface area contributed by atoms with Gasteiger partial charge in [-0.15, -0.1) is 0 Å². The molecule has 2 heterocycles. The summed E-state index contributed by atoms with van der Waals surface area (Å²) >= 11 is 3.95. The van der Waals surface area contributed by atoms with E-state index in [4.69, 9.17) is 0 Å². The molecule has 0 spiro atoms. The summed E-state index contributed by atoms with van der Waals surface area (Å²) in [5, 5.41) is 14.5. The van der Waals surface area contributed by atoms with Crippen LogP contribution >= 0.6 is 23.5 Å². The Morgan fingerprint density at radius 2 is 2.44 bits per heavy atom. The highest BCUT2D eigenvalue weighted by Crippen LogP contribution is 2.24. The monoisotopic (exact) mass is 285 g/mol. The van der Waals surface area contributed by atoms with Gasteiger partial charge in [-0.25, -0.2) is 4.98 Å². The lowest BCUT2D eigenvalue weighted by atomic mass is 10.2. The van der Waals surface area contributed by atoms with E-state index in [1.807, 2.05) is 23.5 Å². The number of anilines is 1. The van der Waals surface area contributed by atoms with Crippen molar-refractivity contribution < 1.29 is 4.92 Å². The first kappa shape index (κ1) is 13.5. The molecule has 0 aliphatic carbocycles. The van der Waals surface area contributed by atoms with E-state index in [9.17, 15) is 10.1 Å². The molecule has 1 unspecified atom stereocenters. The Kier molecular flexibility index (Phi) is 4.71. The molecule has 1 aromatic rings. The first-order valence-electron chi connectivity index (χ1n) is 5.71. The van der Waals surface area contributed by atoms with Gasteiger partial charge in [0.1, 0.15) is 12.0 Å².